The predicted octanol–water partition coefficient (Wildman–Crippen LogP) is 6.28. The molecule has 4 rings (SSSR count). The van der Waals surface area contributed by atoms with Gasteiger partial charge in [-0.05, 0) is 31.2 Å². The highest BCUT2D eigenvalue weighted by Crippen LogP contribution is 2.25. The van der Waals surface area contributed by atoms with E-state index < -0.39 is 0 Å². The Morgan fingerprint density at radius 2 is 1.77 bits per heavy atom. The predicted molar refractivity (Wildman–Crippen MR) is 123 cm³/mol. The number of hydrazone groups is 1. The highest BCUT2D eigenvalue weighted by Gasteiger charge is 2.13. The second-order valence-electron chi connectivity index (χ2n) is 6.80. The summed E-state index contributed by atoms with van der Waals surface area (Å²) in [6, 6.07) is 22.4. The molecule has 6 heteroatoms. The summed E-state index contributed by atoms with van der Waals surface area (Å²) in [5.74, 6) is -0.330. The van der Waals surface area contributed by atoms with Gasteiger partial charge in [-0.15, -0.1) is 0 Å². The molecule has 1 heterocycles. The molecule has 0 fully saturated rings. The number of hydrogen-bond donors (Lipinski definition) is 1. The lowest BCUT2D eigenvalue weighted by Gasteiger charge is -2.09. The zero-order valence-corrected chi connectivity index (χ0v) is 17.6. The number of aryl methyl sites for hydroxylation is 1. The molecule has 0 saturated carbocycles. The number of para-hydroxylation sites is 1. The summed E-state index contributed by atoms with van der Waals surface area (Å²) in [6.07, 6.45) is 1.49. The summed E-state index contributed by atoms with van der Waals surface area (Å²) in [4.78, 5) is 17.6. The van der Waals surface area contributed by atoms with E-state index in [0.717, 1.165) is 27.7 Å². The number of pyridine rings is 1. The van der Waals surface area contributed by atoms with E-state index in [9.17, 15) is 4.79 Å². The second kappa shape index (κ2) is 8.66. The topological polar surface area (TPSA) is 54.4 Å². The average Bonchev–Trinajstić information content (AvgIpc) is 2.75. The van der Waals surface area contributed by atoms with Crippen LogP contribution in [0.2, 0.25) is 10.0 Å². The normalized spacial score (nSPS) is 11.2. The second-order valence-corrected chi connectivity index (χ2v) is 7.65. The van der Waals surface area contributed by atoms with Crippen molar-refractivity contribution < 1.29 is 4.79 Å². The third-order valence-electron chi connectivity index (χ3n) is 4.64. The molecule has 0 spiro atoms. The molecule has 148 valence electrons. The quantitative estimate of drug-likeness (QED) is 0.304. The van der Waals surface area contributed by atoms with E-state index in [4.69, 9.17) is 28.2 Å². The number of fused-ring (bicyclic) bond motifs is 1. The molecule has 1 aromatic heterocycles. The van der Waals surface area contributed by atoms with Gasteiger partial charge in [0.05, 0.1) is 28.0 Å². The highest BCUT2D eigenvalue weighted by atomic mass is 35.5. The van der Waals surface area contributed by atoms with Gasteiger partial charge in [0.2, 0.25) is 0 Å². The molecular formula is C24H17Cl2N3O. The van der Waals surface area contributed by atoms with Crippen molar-refractivity contribution in [2.75, 3.05) is 0 Å². The van der Waals surface area contributed by atoms with Gasteiger partial charge in [0, 0.05) is 21.5 Å². The van der Waals surface area contributed by atoms with Crippen molar-refractivity contribution in [1.82, 2.24) is 10.4 Å². The number of hydrogen-bond acceptors (Lipinski definition) is 3. The molecule has 0 aliphatic carbocycles. The molecule has 0 saturated heterocycles. The van der Waals surface area contributed by atoms with Crippen LogP contribution in [-0.4, -0.2) is 17.1 Å². The van der Waals surface area contributed by atoms with Crippen LogP contribution in [0.5, 0.6) is 0 Å². The number of nitrogens with one attached hydrogen (secondary N) is 1. The fourth-order valence-corrected chi connectivity index (χ4v) is 3.52. The maximum absolute atomic E-state index is 12.9. The summed E-state index contributed by atoms with van der Waals surface area (Å²) in [7, 11) is 0. The van der Waals surface area contributed by atoms with E-state index in [2.05, 4.69) is 10.5 Å². The van der Waals surface area contributed by atoms with Gasteiger partial charge in [0.25, 0.3) is 5.91 Å². The summed E-state index contributed by atoms with van der Waals surface area (Å²) >= 11 is 12.0. The monoisotopic (exact) mass is 433 g/mol. The van der Waals surface area contributed by atoms with Crippen molar-refractivity contribution >= 4 is 46.2 Å². The number of carbonyl (C=O) groups excluding carboxylic acids is 1. The van der Waals surface area contributed by atoms with Crippen LogP contribution < -0.4 is 5.43 Å². The van der Waals surface area contributed by atoms with Gasteiger partial charge in [-0.25, -0.2) is 10.4 Å². The van der Waals surface area contributed by atoms with E-state index in [-0.39, 0.29) is 5.91 Å². The first kappa shape index (κ1) is 20.1. The number of benzene rings is 3. The molecule has 1 amide bonds. The molecule has 4 aromatic rings. The molecule has 0 unspecified atom stereocenters. The lowest BCUT2D eigenvalue weighted by molar-refractivity contribution is 0.0956. The van der Waals surface area contributed by atoms with Crippen molar-refractivity contribution in [3.05, 3.63) is 99.5 Å². The smallest absolute Gasteiger partial charge is 0.267 e. The number of halogens is 2. The Labute approximate surface area is 184 Å². The molecular weight excluding hydrogens is 417 g/mol. The van der Waals surface area contributed by atoms with E-state index in [1.165, 1.54) is 6.21 Å². The lowest BCUT2D eigenvalue weighted by atomic mass is 10.0. The first-order chi connectivity index (χ1) is 14.5. The summed E-state index contributed by atoms with van der Waals surface area (Å²) in [5.41, 5.74) is 7.30. The van der Waals surface area contributed by atoms with E-state index >= 15 is 0 Å². The van der Waals surface area contributed by atoms with Crippen LogP contribution in [0.3, 0.4) is 0 Å². The minimum atomic E-state index is -0.330. The van der Waals surface area contributed by atoms with Gasteiger partial charge >= 0.3 is 0 Å². The lowest BCUT2D eigenvalue weighted by Crippen LogP contribution is -2.18. The van der Waals surface area contributed by atoms with Gasteiger partial charge in [-0.3, -0.25) is 4.79 Å². The fraction of sp³-hybridized carbons (Fsp3) is 0.0417. The van der Waals surface area contributed by atoms with Crippen molar-refractivity contribution in [1.29, 1.82) is 0 Å². The zero-order valence-electron chi connectivity index (χ0n) is 16.1. The van der Waals surface area contributed by atoms with Gasteiger partial charge in [-0.1, -0.05) is 77.3 Å². The molecule has 0 aliphatic rings. The molecule has 0 aliphatic heterocycles. The van der Waals surface area contributed by atoms with Crippen molar-refractivity contribution in [3.63, 3.8) is 0 Å². The standard InChI is InChI=1S/C24H17Cl2N3O/c1-15-6-8-16(9-7-15)23-13-20(19-4-2-3-5-22(19)28-23)24(30)29-27-14-17-10-11-18(25)12-21(17)26/h2-14H,1H3,(H,29,30). The first-order valence-corrected chi connectivity index (χ1v) is 10.0. The van der Waals surface area contributed by atoms with Crippen LogP contribution in [0.15, 0.2) is 77.9 Å². The summed E-state index contributed by atoms with van der Waals surface area (Å²) < 4.78 is 0. The van der Waals surface area contributed by atoms with Crippen LogP contribution in [0.4, 0.5) is 0 Å². The van der Waals surface area contributed by atoms with Crippen molar-refractivity contribution in [2.45, 2.75) is 6.92 Å². The molecule has 0 atom stereocenters. The third-order valence-corrected chi connectivity index (χ3v) is 5.20. The van der Waals surface area contributed by atoms with Gasteiger partial charge in [-0.2, -0.15) is 5.10 Å². The Bertz CT molecular complexity index is 1270. The molecule has 0 bridgehead atoms. The maximum Gasteiger partial charge on any atom is 0.272 e. The third kappa shape index (κ3) is 4.35. The Hall–Kier alpha value is -3.21. The number of nitrogens with zero attached hydrogens (tertiary/aromatic N) is 2. The van der Waals surface area contributed by atoms with Crippen LogP contribution >= 0.6 is 23.2 Å². The Balaban J connectivity index is 1.67. The van der Waals surface area contributed by atoms with Gasteiger partial charge in [0.15, 0.2) is 0 Å². The first-order valence-electron chi connectivity index (χ1n) is 9.26. The van der Waals surface area contributed by atoms with E-state index in [1.54, 1.807) is 24.3 Å². The molecule has 0 radical (unpaired) electrons. The fourth-order valence-electron chi connectivity index (χ4n) is 3.06. The number of aromatic nitrogens is 1. The number of carbonyl (C=O) groups is 1. The van der Waals surface area contributed by atoms with Crippen LogP contribution in [0, 0.1) is 6.92 Å². The maximum atomic E-state index is 12.9. The van der Waals surface area contributed by atoms with E-state index in [1.807, 2.05) is 55.5 Å². The zero-order chi connectivity index (χ0) is 21.1. The molecule has 1 N–H and O–H groups in total. The number of rotatable bonds is 4. The summed E-state index contributed by atoms with van der Waals surface area (Å²) in [5, 5.41) is 5.80. The minimum absolute atomic E-state index is 0.330. The van der Waals surface area contributed by atoms with Gasteiger partial charge in [0.1, 0.15) is 0 Å². The Morgan fingerprint density at radius 1 is 1.00 bits per heavy atom. The largest absolute Gasteiger partial charge is 0.272 e. The highest BCUT2D eigenvalue weighted by molar-refractivity contribution is 6.36. The summed E-state index contributed by atoms with van der Waals surface area (Å²) in [6.45, 7) is 2.03. The van der Waals surface area contributed by atoms with Crippen LogP contribution in [0.1, 0.15) is 21.5 Å². The Kier molecular flexibility index (Phi) is 5.79. The van der Waals surface area contributed by atoms with E-state index in [0.29, 0.717) is 21.2 Å². The van der Waals surface area contributed by atoms with Crippen LogP contribution in [0.25, 0.3) is 22.2 Å². The molecule has 3 aromatic carbocycles. The average molecular weight is 434 g/mol. The van der Waals surface area contributed by atoms with Gasteiger partial charge < -0.3 is 0 Å². The van der Waals surface area contributed by atoms with Crippen molar-refractivity contribution in [3.8, 4) is 11.3 Å². The van der Waals surface area contributed by atoms with Crippen LogP contribution in [-0.2, 0) is 0 Å². The van der Waals surface area contributed by atoms with Crippen molar-refractivity contribution in [2.24, 2.45) is 5.10 Å². The minimum Gasteiger partial charge on any atom is -0.267 e. The number of amides is 1. The Morgan fingerprint density at radius 3 is 2.53 bits per heavy atom. The SMILES string of the molecule is Cc1ccc(-c2cc(C(=O)NN=Cc3ccc(Cl)cc3Cl)c3ccccc3n2)cc1. The molecule has 30 heavy (non-hydrogen) atoms. The molecule has 4 nitrogen and oxygen atoms in total.